The van der Waals surface area contributed by atoms with E-state index < -0.39 is 0 Å². The summed E-state index contributed by atoms with van der Waals surface area (Å²) in [5.74, 6) is 1.20. The molecule has 0 aromatic heterocycles. The quantitative estimate of drug-likeness (QED) is 0.678. The molecule has 0 unspecified atom stereocenters. The first kappa shape index (κ1) is 20.0. The van der Waals surface area contributed by atoms with Gasteiger partial charge in [0.2, 0.25) is 0 Å². The average molecular weight is 386 g/mol. The summed E-state index contributed by atoms with van der Waals surface area (Å²) in [4.78, 5) is 14.5. The molecule has 6 heteroatoms. The Morgan fingerprint density at radius 3 is 2.54 bits per heavy atom. The van der Waals surface area contributed by atoms with Gasteiger partial charge in [0.15, 0.2) is 0 Å². The summed E-state index contributed by atoms with van der Waals surface area (Å²) < 4.78 is 23.6. The lowest BCUT2D eigenvalue weighted by Gasteiger charge is -2.25. The Labute approximate surface area is 165 Å². The van der Waals surface area contributed by atoms with Gasteiger partial charge in [-0.25, -0.2) is 9.18 Å². The van der Waals surface area contributed by atoms with Crippen LogP contribution in [-0.4, -0.2) is 37.7 Å². The largest absolute Gasteiger partial charge is 0.497 e. The summed E-state index contributed by atoms with van der Waals surface area (Å²) >= 11 is 0. The van der Waals surface area contributed by atoms with Crippen LogP contribution in [0.4, 0.5) is 9.18 Å². The fraction of sp³-hybridized carbons (Fsp3) is 0.409. The summed E-state index contributed by atoms with van der Waals surface area (Å²) in [7, 11) is 1.65. The molecule has 2 aromatic rings. The van der Waals surface area contributed by atoms with Gasteiger partial charge in [-0.1, -0.05) is 12.1 Å². The van der Waals surface area contributed by atoms with E-state index in [0.29, 0.717) is 18.9 Å². The molecule has 0 radical (unpaired) electrons. The van der Waals surface area contributed by atoms with Crippen LogP contribution in [0.2, 0.25) is 0 Å². The van der Waals surface area contributed by atoms with E-state index in [9.17, 15) is 9.18 Å². The van der Waals surface area contributed by atoms with Gasteiger partial charge in [-0.15, -0.1) is 0 Å². The van der Waals surface area contributed by atoms with Crippen molar-refractivity contribution in [3.63, 3.8) is 0 Å². The number of methoxy groups -OCH3 is 1. The average Bonchev–Trinajstić information content (AvgIpc) is 3.22. The van der Waals surface area contributed by atoms with Crippen molar-refractivity contribution in [2.45, 2.75) is 31.7 Å². The number of carbonyl (C=O) groups excluding carboxylic acids is 1. The Balaban J connectivity index is 1.38. The van der Waals surface area contributed by atoms with Gasteiger partial charge in [-0.05, 0) is 67.6 Å². The third-order valence-electron chi connectivity index (χ3n) is 4.94. The Morgan fingerprint density at radius 2 is 1.82 bits per heavy atom. The highest BCUT2D eigenvalue weighted by Crippen LogP contribution is 2.32. The number of urea groups is 1. The van der Waals surface area contributed by atoms with E-state index in [-0.39, 0.29) is 17.9 Å². The highest BCUT2D eigenvalue weighted by molar-refractivity contribution is 5.75. The van der Waals surface area contributed by atoms with Crippen LogP contribution in [0.5, 0.6) is 11.5 Å². The van der Waals surface area contributed by atoms with Crippen molar-refractivity contribution in [2.75, 3.05) is 26.8 Å². The number of hydrogen-bond donors (Lipinski definition) is 1. The predicted octanol–water partition coefficient (Wildman–Crippen LogP) is 4.54. The number of hydrogen-bond acceptors (Lipinski definition) is 3. The number of ether oxygens (including phenoxy) is 2. The molecule has 1 N–H and O–H groups in total. The van der Waals surface area contributed by atoms with Crippen LogP contribution in [0.15, 0.2) is 48.5 Å². The highest BCUT2D eigenvalue weighted by atomic mass is 19.1. The maximum atomic E-state index is 12.8. The molecule has 1 aliphatic rings. The van der Waals surface area contributed by atoms with E-state index in [1.807, 2.05) is 29.2 Å². The van der Waals surface area contributed by atoms with Gasteiger partial charge < -0.3 is 19.7 Å². The van der Waals surface area contributed by atoms with Crippen molar-refractivity contribution in [1.82, 2.24) is 10.2 Å². The van der Waals surface area contributed by atoms with Gasteiger partial charge in [-0.3, -0.25) is 0 Å². The molecule has 0 bridgehead atoms. The van der Waals surface area contributed by atoms with Crippen LogP contribution in [0.3, 0.4) is 0 Å². The zero-order valence-corrected chi connectivity index (χ0v) is 16.2. The van der Waals surface area contributed by atoms with E-state index in [4.69, 9.17) is 9.47 Å². The SMILES string of the molecule is COc1ccc([C@@H]2CCCN2C(=O)NCCCCOc2ccc(F)cc2)cc1. The second-order valence-corrected chi connectivity index (χ2v) is 6.87. The maximum Gasteiger partial charge on any atom is 0.317 e. The number of nitrogens with zero attached hydrogens (tertiary/aromatic N) is 1. The fourth-order valence-corrected chi connectivity index (χ4v) is 3.43. The molecular weight excluding hydrogens is 359 g/mol. The van der Waals surface area contributed by atoms with E-state index in [1.165, 1.54) is 12.1 Å². The zero-order valence-electron chi connectivity index (χ0n) is 16.2. The number of rotatable bonds is 8. The molecule has 2 aromatic carbocycles. The molecule has 1 fully saturated rings. The molecule has 0 aliphatic carbocycles. The molecule has 1 atom stereocenters. The first-order chi connectivity index (χ1) is 13.7. The molecular formula is C22H27FN2O3. The van der Waals surface area contributed by atoms with Crippen molar-refractivity contribution in [1.29, 1.82) is 0 Å². The minimum absolute atomic E-state index is 0.0160. The smallest absolute Gasteiger partial charge is 0.317 e. The number of likely N-dealkylation sites (tertiary alicyclic amines) is 1. The van der Waals surface area contributed by atoms with Crippen LogP contribution in [0.1, 0.15) is 37.3 Å². The van der Waals surface area contributed by atoms with E-state index >= 15 is 0 Å². The van der Waals surface area contributed by atoms with Crippen LogP contribution < -0.4 is 14.8 Å². The van der Waals surface area contributed by atoms with Gasteiger partial charge in [0.1, 0.15) is 17.3 Å². The molecule has 150 valence electrons. The first-order valence-corrected chi connectivity index (χ1v) is 9.74. The monoisotopic (exact) mass is 386 g/mol. The molecule has 1 aliphatic heterocycles. The van der Waals surface area contributed by atoms with Gasteiger partial charge >= 0.3 is 6.03 Å². The van der Waals surface area contributed by atoms with Gasteiger partial charge in [0, 0.05) is 13.1 Å². The van der Waals surface area contributed by atoms with E-state index in [1.54, 1.807) is 19.2 Å². The molecule has 5 nitrogen and oxygen atoms in total. The van der Waals surface area contributed by atoms with Gasteiger partial charge in [0.05, 0.1) is 19.8 Å². The number of benzene rings is 2. The highest BCUT2D eigenvalue weighted by Gasteiger charge is 2.29. The van der Waals surface area contributed by atoms with Crippen LogP contribution in [-0.2, 0) is 0 Å². The summed E-state index contributed by atoms with van der Waals surface area (Å²) in [5.41, 5.74) is 1.14. The summed E-state index contributed by atoms with van der Waals surface area (Å²) in [6.07, 6.45) is 3.63. The van der Waals surface area contributed by atoms with Gasteiger partial charge in [-0.2, -0.15) is 0 Å². The number of carbonyl (C=O) groups is 1. The molecule has 28 heavy (non-hydrogen) atoms. The van der Waals surface area contributed by atoms with Crippen LogP contribution in [0.25, 0.3) is 0 Å². The Morgan fingerprint density at radius 1 is 1.11 bits per heavy atom. The molecule has 1 heterocycles. The minimum atomic E-state index is -0.273. The summed E-state index contributed by atoms with van der Waals surface area (Å²) in [5, 5.41) is 3.01. The lowest BCUT2D eigenvalue weighted by Crippen LogP contribution is -2.39. The molecule has 0 saturated carbocycles. The molecule has 2 amide bonds. The number of unbranched alkanes of at least 4 members (excludes halogenated alkanes) is 1. The van der Waals surface area contributed by atoms with Crippen molar-refractivity contribution in [3.05, 3.63) is 59.9 Å². The second-order valence-electron chi connectivity index (χ2n) is 6.87. The number of halogens is 1. The number of nitrogens with one attached hydrogen (secondary N) is 1. The van der Waals surface area contributed by atoms with Crippen molar-refractivity contribution in [3.8, 4) is 11.5 Å². The van der Waals surface area contributed by atoms with Gasteiger partial charge in [0.25, 0.3) is 0 Å². The van der Waals surface area contributed by atoms with E-state index in [0.717, 1.165) is 43.5 Å². The fourth-order valence-electron chi connectivity index (χ4n) is 3.43. The van der Waals surface area contributed by atoms with Crippen LogP contribution >= 0.6 is 0 Å². The third kappa shape index (κ3) is 5.38. The molecule has 0 spiro atoms. The lowest BCUT2D eigenvalue weighted by atomic mass is 10.0. The predicted molar refractivity (Wildman–Crippen MR) is 106 cm³/mol. The summed E-state index contributed by atoms with van der Waals surface area (Å²) in [6.45, 7) is 1.92. The topological polar surface area (TPSA) is 50.8 Å². The Bertz CT molecular complexity index is 749. The molecule has 1 saturated heterocycles. The lowest BCUT2D eigenvalue weighted by molar-refractivity contribution is 0.192. The zero-order chi connectivity index (χ0) is 19.8. The summed E-state index contributed by atoms with van der Waals surface area (Å²) in [6, 6.07) is 14.0. The third-order valence-corrected chi connectivity index (χ3v) is 4.94. The minimum Gasteiger partial charge on any atom is -0.497 e. The molecule has 3 rings (SSSR count). The first-order valence-electron chi connectivity index (χ1n) is 9.74. The maximum absolute atomic E-state index is 12.8. The van der Waals surface area contributed by atoms with Crippen molar-refractivity contribution < 1.29 is 18.7 Å². The van der Waals surface area contributed by atoms with Crippen molar-refractivity contribution in [2.24, 2.45) is 0 Å². The number of amides is 2. The Kier molecular flexibility index (Phi) is 7.12. The van der Waals surface area contributed by atoms with Crippen molar-refractivity contribution >= 4 is 6.03 Å². The Hall–Kier alpha value is -2.76. The van der Waals surface area contributed by atoms with E-state index in [2.05, 4.69) is 5.32 Å². The normalized spacial score (nSPS) is 16.1. The van der Waals surface area contributed by atoms with Crippen LogP contribution in [0, 0.1) is 5.82 Å². The standard InChI is InChI=1S/C22H27FN2O3/c1-27-19-10-6-17(7-11-19)21-5-4-15-25(21)22(26)24-14-2-3-16-28-20-12-8-18(23)9-13-20/h6-13,21H,2-5,14-16H2,1H3,(H,24,26)/t21-/m0/s1. The second kappa shape index (κ2) is 9.97.